The van der Waals surface area contributed by atoms with E-state index in [1.807, 2.05) is 0 Å². The molecule has 0 saturated carbocycles. The molecule has 0 radical (unpaired) electrons. The van der Waals surface area contributed by atoms with Gasteiger partial charge in [0.15, 0.2) is 5.75 Å². The van der Waals surface area contributed by atoms with Gasteiger partial charge < -0.3 is 10.5 Å². The number of hydrogen-bond acceptors (Lipinski definition) is 4. The minimum absolute atomic E-state index is 0.000570. The minimum atomic E-state index is -0.643. The van der Waals surface area contributed by atoms with Crippen molar-refractivity contribution in [2.75, 3.05) is 6.61 Å². The second-order valence-electron chi connectivity index (χ2n) is 4.89. The molecule has 1 aromatic carbocycles. The van der Waals surface area contributed by atoms with Gasteiger partial charge in [-0.15, -0.1) is 0 Å². The molecule has 0 amide bonds. The van der Waals surface area contributed by atoms with Crippen molar-refractivity contribution in [1.29, 1.82) is 5.41 Å². The Balaban J connectivity index is 2.85. The van der Waals surface area contributed by atoms with Crippen LogP contribution in [-0.4, -0.2) is 17.4 Å². The van der Waals surface area contributed by atoms with Crippen molar-refractivity contribution in [3.63, 3.8) is 0 Å². The van der Waals surface area contributed by atoms with Gasteiger partial charge >= 0.3 is 5.69 Å². The maximum Gasteiger partial charge on any atom is 0.312 e. The Labute approximate surface area is 123 Å². The number of nitrogens with zero attached hydrogens (tertiary/aromatic N) is 1. The maximum absolute atomic E-state index is 13.4. The zero-order chi connectivity index (χ0) is 15.5. The summed E-state index contributed by atoms with van der Waals surface area (Å²) in [5.41, 5.74) is 4.52. The highest BCUT2D eigenvalue weighted by atomic mass is 79.9. The molecule has 0 atom stereocenters. The van der Waals surface area contributed by atoms with E-state index in [4.69, 9.17) is 15.9 Å². The zero-order valence-electron chi connectivity index (χ0n) is 11.1. The normalized spacial score (nSPS) is 11.2. The van der Waals surface area contributed by atoms with E-state index in [1.165, 1.54) is 0 Å². The molecule has 0 heterocycles. The van der Waals surface area contributed by atoms with E-state index in [0.29, 0.717) is 6.42 Å². The molecule has 0 unspecified atom stereocenters. The highest BCUT2D eigenvalue weighted by molar-refractivity contribution is 9.10. The molecule has 0 spiro atoms. The number of nitro groups is 1. The number of nitrogens with two attached hydrogens (primary N) is 1. The van der Waals surface area contributed by atoms with Crippen LogP contribution < -0.4 is 10.5 Å². The van der Waals surface area contributed by atoms with E-state index in [2.05, 4.69) is 15.9 Å². The lowest BCUT2D eigenvalue weighted by atomic mass is 9.88. The van der Waals surface area contributed by atoms with Gasteiger partial charge in [0.2, 0.25) is 0 Å². The first-order chi connectivity index (χ1) is 9.15. The first-order valence-electron chi connectivity index (χ1n) is 5.76. The SMILES string of the molecule is CC(C)(CCOc1cc(F)c(Br)cc1[N+](=O)[O-])C(=N)N. The lowest BCUT2D eigenvalue weighted by Gasteiger charge is -2.22. The average molecular weight is 348 g/mol. The van der Waals surface area contributed by atoms with E-state index in [-0.39, 0.29) is 28.4 Å². The molecular weight excluding hydrogens is 333 g/mol. The lowest BCUT2D eigenvalue weighted by Crippen LogP contribution is -2.32. The van der Waals surface area contributed by atoms with Gasteiger partial charge in [0.1, 0.15) is 5.82 Å². The molecule has 0 bridgehead atoms. The van der Waals surface area contributed by atoms with E-state index in [9.17, 15) is 14.5 Å². The van der Waals surface area contributed by atoms with Crippen LogP contribution >= 0.6 is 15.9 Å². The molecule has 0 aliphatic rings. The van der Waals surface area contributed by atoms with E-state index in [1.54, 1.807) is 13.8 Å². The van der Waals surface area contributed by atoms with Crippen LogP contribution in [0, 0.1) is 26.8 Å². The Kier molecular flexibility index (Phi) is 5.04. The number of hydrogen-bond donors (Lipinski definition) is 2. The Morgan fingerprint density at radius 1 is 1.60 bits per heavy atom. The quantitative estimate of drug-likeness (QED) is 0.357. The highest BCUT2D eigenvalue weighted by Crippen LogP contribution is 2.33. The molecule has 0 saturated heterocycles. The van der Waals surface area contributed by atoms with Crippen LogP contribution in [0.2, 0.25) is 0 Å². The number of amidine groups is 1. The third kappa shape index (κ3) is 3.89. The predicted octanol–water partition coefficient (Wildman–Crippen LogP) is 3.23. The molecular formula is C12H15BrFN3O3. The van der Waals surface area contributed by atoms with Gasteiger partial charge in [-0.2, -0.15) is 0 Å². The Morgan fingerprint density at radius 3 is 2.70 bits per heavy atom. The Hall–Kier alpha value is -1.70. The van der Waals surface area contributed by atoms with Crippen LogP contribution in [0.15, 0.2) is 16.6 Å². The summed E-state index contributed by atoms with van der Waals surface area (Å²) in [7, 11) is 0. The summed E-state index contributed by atoms with van der Waals surface area (Å²) in [6, 6.07) is 2.02. The fraction of sp³-hybridized carbons (Fsp3) is 0.417. The van der Waals surface area contributed by atoms with Crippen LogP contribution in [0.5, 0.6) is 5.75 Å². The predicted molar refractivity (Wildman–Crippen MR) is 76.6 cm³/mol. The number of ether oxygens (including phenoxy) is 1. The monoisotopic (exact) mass is 347 g/mol. The van der Waals surface area contributed by atoms with E-state index < -0.39 is 16.2 Å². The van der Waals surface area contributed by atoms with Gasteiger partial charge in [0.25, 0.3) is 0 Å². The summed E-state index contributed by atoms with van der Waals surface area (Å²) >= 11 is 2.89. The molecule has 0 aliphatic carbocycles. The smallest absolute Gasteiger partial charge is 0.312 e. The van der Waals surface area contributed by atoms with Gasteiger partial charge in [0, 0.05) is 17.5 Å². The summed E-state index contributed by atoms with van der Waals surface area (Å²) in [6.07, 6.45) is 0.386. The Morgan fingerprint density at radius 2 is 2.20 bits per heavy atom. The van der Waals surface area contributed by atoms with Crippen LogP contribution in [-0.2, 0) is 0 Å². The van der Waals surface area contributed by atoms with Crippen molar-refractivity contribution >= 4 is 27.5 Å². The van der Waals surface area contributed by atoms with Crippen LogP contribution in [0.4, 0.5) is 10.1 Å². The average Bonchev–Trinajstić information content (AvgIpc) is 2.32. The fourth-order valence-electron chi connectivity index (χ4n) is 1.33. The van der Waals surface area contributed by atoms with Gasteiger partial charge in [-0.25, -0.2) is 4.39 Å². The summed E-state index contributed by atoms with van der Waals surface area (Å²) in [6.45, 7) is 3.61. The second kappa shape index (κ2) is 6.17. The van der Waals surface area contributed by atoms with Crippen LogP contribution in [0.3, 0.4) is 0 Å². The second-order valence-corrected chi connectivity index (χ2v) is 5.74. The van der Waals surface area contributed by atoms with Gasteiger partial charge in [-0.3, -0.25) is 15.5 Å². The highest BCUT2D eigenvalue weighted by Gasteiger charge is 2.23. The molecule has 1 aromatic rings. The number of rotatable bonds is 6. The third-order valence-corrected chi connectivity index (χ3v) is 3.52. The number of nitrogens with one attached hydrogen (secondary N) is 1. The van der Waals surface area contributed by atoms with Crippen molar-refractivity contribution in [1.82, 2.24) is 0 Å². The van der Waals surface area contributed by atoms with Gasteiger partial charge in [-0.1, -0.05) is 13.8 Å². The van der Waals surface area contributed by atoms with Crippen LogP contribution in [0.25, 0.3) is 0 Å². The molecule has 0 aliphatic heterocycles. The first kappa shape index (κ1) is 16.4. The topological polar surface area (TPSA) is 102 Å². The molecule has 0 fully saturated rings. The lowest BCUT2D eigenvalue weighted by molar-refractivity contribution is -0.386. The zero-order valence-corrected chi connectivity index (χ0v) is 12.7. The van der Waals surface area contributed by atoms with Gasteiger partial charge in [-0.05, 0) is 22.4 Å². The summed E-state index contributed by atoms with van der Waals surface area (Å²) in [5, 5.41) is 18.3. The maximum atomic E-state index is 13.4. The number of halogens is 2. The summed E-state index contributed by atoms with van der Waals surface area (Å²) in [5.74, 6) is -0.788. The van der Waals surface area contributed by atoms with Crippen molar-refractivity contribution in [3.8, 4) is 5.75 Å². The summed E-state index contributed by atoms with van der Waals surface area (Å²) in [4.78, 5) is 10.2. The van der Waals surface area contributed by atoms with Crippen LogP contribution in [0.1, 0.15) is 20.3 Å². The van der Waals surface area contributed by atoms with Crippen molar-refractivity contribution in [2.24, 2.45) is 11.1 Å². The van der Waals surface area contributed by atoms with Crippen molar-refractivity contribution < 1.29 is 14.1 Å². The third-order valence-electron chi connectivity index (χ3n) is 2.91. The fourth-order valence-corrected chi connectivity index (χ4v) is 1.66. The number of nitro benzene ring substituents is 1. The molecule has 6 nitrogen and oxygen atoms in total. The molecule has 3 N–H and O–H groups in total. The number of benzene rings is 1. The van der Waals surface area contributed by atoms with E-state index >= 15 is 0 Å². The molecule has 8 heteroatoms. The standard InChI is InChI=1S/C12H15BrFN3O3/c1-12(2,11(15)16)3-4-20-10-6-8(14)7(13)5-9(10)17(18)19/h5-6H,3-4H2,1-2H3,(H3,15,16). The minimum Gasteiger partial charge on any atom is -0.487 e. The molecule has 20 heavy (non-hydrogen) atoms. The Bertz CT molecular complexity index is 549. The van der Waals surface area contributed by atoms with Crippen molar-refractivity contribution in [3.05, 3.63) is 32.5 Å². The molecule has 110 valence electrons. The molecule has 0 aromatic heterocycles. The molecule has 1 rings (SSSR count). The van der Waals surface area contributed by atoms with E-state index in [0.717, 1.165) is 12.1 Å². The largest absolute Gasteiger partial charge is 0.487 e. The van der Waals surface area contributed by atoms with Crippen molar-refractivity contribution in [2.45, 2.75) is 20.3 Å². The van der Waals surface area contributed by atoms with Gasteiger partial charge in [0.05, 0.1) is 21.8 Å². The summed E-state index contributed by atoms with van der Waals surface area (Å²) < 4.78 is 18.7. The first-order valence-corrected chi connectivity index (χ1v) is 6.55.